The molecule has 0 saturated carbocycles. The molecule has 116 valence electrons. The van der Waals surface area contributed by atoms with Crippen LogP contribution in [0.5, 0.6) is 0 Å². The van der Waals surface area contributed by atoms with Crippen LogP contribution in [0.1, 0.15) is 0 Å². The maximum Gasteiger partial charge on any atom is 0.246 e. The molecule has 8 heteroatoms. The van der Waals surface area contributed by atoms with Crippen molar-refractivity contribution in [1.82, 2.24) is 24.6 Å². The number of carbonyl (C=O) groups excluding carboxylic acids is 1. The second-order valence-electron chi connectivity index (χ2n) is 5.31. The number of carbonyl (C=O) groups is 1. The maximum absolute atomic E-state index is 11.9. The van der Waals surface area contributed by atoms with Gasteiger partial charge in [0.25, 0.3) is 0 Å². The smallest absolute Gasteiger partial charge is 0.246 e. The van der Waals surface area contributed by atoms with Crippen molar-refractivity contribution in [3.8, 4) is 0 Å². The summed E-state index contributed by atoms with van der Waals surface area (Å²) in [6.45, 7) is 4.02. The fraction of sp³-hybridized carbons (Fsp3) is 0.429. The largest absolute Gasteiger partial charge is 0.338 e. The summed E-state index contributed by atoms with van der Waals surface area (Å²) in [4.78, 5) is 25.0. The molecule has 3 rings (SSSR count). The molecular formula is C14H19N7O. The molecule has 1 aliphatic rings. The van der Waals surface area contributed by atoms with Crippen LogP contribution in [0.2, 0.25) is 0 Å². The third kappa shape index (κ3) is 3.59. The molecule has 0 aliphatic carbocycles. The minimum Gasteiger partial charge on any atom is -0.338 e. The predicted octanol–water partition coefficient (Wildman–Crippen LogP) is 0.0636. The van der Waals surface area contributed by atoms with Crippen molar-refractivity contribution < 1.29 is 4.79 Å². The van der Waals surface area contributed by atoms with Gasteiger partial charge >= 0.3 is 0 Å². The minimum absolute atomic E-state index is 0.153. The van der Waals surface area contributed by atoms with Gasteiger partial charge in [-0.3, -0.25) is 9.48 Å². The fourth-order valence-electron chi connectivity index (χ4n) is 2.30. The molecule has 2 aromatic rings. The van der Waals surface area contributed by atoms with E-state index in [1.54, 1.807) is 35.5 Å². The Bertz CT molecular complexity index is 603. The minimum atomic E-state index is -0.153. The molecule has 2 aromatic heterocycles. The van der Waals surface area contributed by atoms with Crippen LogP contribution in [0.25, 0.3) is 0 Å². The number of rotatable bonds is 4. The van der Waals surface area contributed by atoms with E-state index in [1.165, 1.54) is 0 Å². The molecule has 0 aromatic carbocycles. The lowest BCUT2D eigenvalue weighted by Crippen LogP contribution is -2.45. The van der Waals surface area contributed by atoms with Crippen LogP contribution in [0.4, 0.5) is 11.6 Å². The lowest BCUT2D eigenvalue weighted by atomic mass is 10.3. The molecule has 1 aliphatic heterocycles. The van der Waals surface area contributed by atoms with Gasteiger partial charge in [0, 0.05) is 38.6 Å². The summed E-state index contributed by atoms with van der Waals surface area (Å²) in [5.41, 5.74) is 0.593. The number of hydrogen-bond donors (Lipinski definition) is 1. The quantitative estimate of drug-likeness (QED) is 0.860. The number of amides is 1. The Labute approximate surface area is 128 Å². The van der Waals surface area contributed by atoms with Gasteiger partial charge in [0.05, 0.1) is 18.1 Å². The van der Waals surface area contributed by atoms with Crippen LogP contribution >= 0.6 is 0 Å². The molecule has 22 heavy (non-hydrogen) atoms. The molecule has 1 saturated heterocycles. The van der Waals surface area contributed by atoms with Crippen LogP contribution < -0.4 is 10.2 Å². The van der Waals surface area contributed by atoms with Crippen LogP contribution in [0.3, 0.4) is 0 Å². The average molecular weight is 301 g/mol. The summed E-state index contributed by atoms with van der Waals surface area (Å²) in [7, 11) is 2.11. The van der Waals surface area contributed by atoms with E-state index < -0.39 is 0 Å². The summed E-state index contributed by atoms with van der Waals surface area (Å²) in [6.07, 6.45) is 6.66. The molecule has 0 radical (unpaired) electrons. The number of nitrogens with one attached hydrogen (secondary N) is 1. The van der Waals surface area contributed by atoms with Gasteiger partial charge in [-0.1, -0.05) is 0 Å². The van der Waals surface area contributed by atoms with Crippen LogP contribution in [-0.4, -0.2) is 63.8 Å². The highest BCUT2D eigenvalue weighted by atomic mass is 16.2. The standard InChI is InChI=1S/C14H19N7O/c1-19-5-7-20(8-6-19)14-15-9-12(10-16-14)18-13(22)11-21-4-2-3-17-21/h2-4,9-10H,5-8,11H2,1H3,(H,18,22). The SMILES string of the molecule is CN1CCN(c2ncc(NC(=O)Cn3cccn3)cn2)CC1. The van der Waals surface area contributed by atoms with Gasteiger partial charge < -0.3 is 15.1 Å². The van der Waals surface area contributed by atoms with Crippen molar-refractivity contribution in [2.45, 2.75) is 6.54 Å². The molecule has 1 fully saturated rings. The summed E-state index contributed by atoms with van der Waals surface area (Å²) >= 11 is 0. The number of aromatic nitrogens is 4. The molecule has 0 unspecified atom stereocenters. The molecule has 0 spiro atoms. The van der Waals surface area contributed by atoms with Crippen molar-refractivity contribution in [1.29, 1.82) is 0 Å². The van der Waals surface area contributed by atoms with Gasteiger partial charge in [0.1, 0.15) is 6.54 Å². The van der Waals surface area contributed by atoms with Crippen molar-refractivity contribution in [2.24, 2.45) is 0 Å². The van der Waals surface area contributed by atoms with E-state index >= 15 is 0 Å². The Kier molecular flexibility index (Phi) is 4.29. The van der Waals surface area contributed by atoms with Gasteiger partial charge in [-0.15, -0.1) is 0 Å². The number of hydrogen-bond acceptors (Lipinski definition) is 6. The first-order chi connectivity index (χ1) is 10.7. The number of likely N-dealkylation sites (N-methyl/N-ethyl adjacent to an activating group) is 1. The van der Waals surface area contributed by atoms with Crippen LogP contribution in [0.15, 0.2) is 30.9 Å². The third-order valence-electron chi connectivity index (χ3n) is 3.57. The van der Waals surface area contributed by atoms with E-state index in [-0.39, 0.29) is 12.5 Å². The Morgan fingerprint density at radius 3 is 2.59 bits per heavy atom. The summed E-state index contributed by atoms with van der Waals surface area (Å²) < 4.78 is 1.56. The topological polar surface area (TPSA) is 79.2 Å². The zero-order valence-electron chi connectivity index (χ0n) is 12.5. The Balaban J connectivity index is 1.56. The first-order valence-electron chi connectivity index (χ1n) is 7.23. The zero-order valence-corrected chi connectivity index (χ0v) is 12.5. The van der Waals surface area contributed by atoms with E-state index in [2.05, 4.69) is 37.2 Å². The fourth-order valence-corrected chi connectivity index (χ4v) is 2.30. The first kappa shape index (κ1) is 14.5. The molecular weight excluding hydrogens is 282 g/mol. The highest BCUT2D eigenvalue weighted by molar-refractivity contribution is 5.90. The second kappa shape index (κ2) is 6.52. The molecule has 8 nitrogen and oxygen atoms in total. The lowest BCUT2D eigenvalue weighted by molar-refractivity contribution is -0.116. The monoisotopic (exact) mass is 301 g/mol. The highest BCUT2D eigenvalue weighted by Crippen LogP contribution is 2.12. The normalized spacial score (nSPS) is 15.8. The van der Waals surface area contributed by atoms with E-state index in [0.29, 0.717) is 11.6 Å². The lowest BCUT2D eigenvalue weighted by Gasteiger charge is -2.32. The van der Waals surface area contributed by atoms with E-state index in [1.807, 2.05) is 0 Å². The van der Waals surface area contributed by atoms with E-state index in [9.17, 15) is 4.79 Å². The Morgan fingerprint density at radius 1 is 1.23 bits per heavy atom. The van der Waals surface area contributed by atoms with Gasteiger partial charge in [-0.2, -0.15) is 5.10 Å². The molecule has 1 amide bonds. The zero-order chi connectivity index (χ0) is 15.4. The Hall–Kier alpha value is -2.48. The number of anilines is 2. The van der Waals surface area contributed by atoms with Gasteiger partial charge in [0.15, 0.2) is 0 Å². The van der Waals surface area contributed by atoms with Crippen molar-refractivity contribution in [3.05, 3.63) is 30.9 Å². The highest BCUT2D eigenvalue weighted by Gasteiger charge is 2.16. The second-order valence-corrected chi connectivity index (χ2v) is 5.31. The van der Waals surface area contributed by atoms with Crippen LogP contribution in [-0.2, 0) is 11.3 Å². The summed E-state index contributed by atoms with van der Waals surface area (Å²) in [5, 5.41) is 6.76. The Morgan fingerprint density at radius 2 is 1.95 bits per heavy atom. The molecule has 0 bridgehead atoms. The number of piperazine rings is 1. The van der Waals surface area contributed by atoms with E-state index in [0.717, 1.165) is 26.2 Å². The molecule has 1 N–H and O–H groups in total. The van der Waals surface area contributed by atoms with Crippen molar-refractivity contribution in [3.63, 3.8) is 0 Å². The maximum atomic E-state index is 11.9. The van der Waals surface area contributed by atoms with Gasteiger partial charge in [0.2, 0.25) is 11.9 Å². The predicted molar refractivity (Wildman–Crippen MR) is 82.6 cm³/mol. The molecule has 0 atom stereocenters. The van der Waals surface area contributed by atoms with Crippen molar-refractivity contribution >= 4 is 17.5 Å². The van der Waals surface area contributed by atoms with Gasteiger partial charge in [-0.25, -0.2) is 9.97 Å². The first-order valence-corrected chi connectivity index (χ1v) is 7.23. The van der Waals surface area contributed by atoms with E-state index in [4.69, 9.17) is 0 Å². The molecule has 3 heterocycles. The number of nitrogens with zero attached hydrogens (tertiary/aromatic N) is 6. The van der Waals surface area contributed by atoms with Crippen molar-refractivity contribution in [2.75, 3.05) is 43.4 Å². The summed E-state index contributed by atoms with van der Waals surface area (Å²) in [5.74, 6) is 0.554. The van der Waals surface area contributed by atoms with Crippen LogP contribution in [0, 0.1) is 0 Å². The summed E-state index contributed by atoms with van der Waals surface area (Å²) in [6, 6.07) is 1.78. The third-order valence-corrected chi connectivity index (χ3v) is 3.57. The average Bonchev–Trinajstić information content (AvgIpc) is 3.02. The van der Waals surface area contributed by atoms with Gasteiger partial charge in [-0.05, 0) is 13.1 Å².